The van der Waals surface area contributed by atoms with Crippen molar-refractivity contribution < 1.29 is 4.79 Å². The van der Waals surface area contributed by atoms with E-state index in [1.54, 1.807) is 23.7 Å². The molecule has 0 aliphatic carbocycles. The smallest absolute Gasteiger partial charge is 0.255 e. The predicted molar refractivity (Wildman–Crippen MR) is 94.9 cm³/mol. The fourth-order valence-corrected chi connectivity index (χ4v) is 2.61. The minimum absolute atomic E-state index is 0.144. The number of aryl methyl sites for hydroxylation is 3. The summed E-state index contributed by atoms with van der Waals surface area (Å²) in [6.45, 7) is 5.34. The van der Waals surface area contributed by atoms with Gasteiger partial charge in [0.15, 0.2) is 0 Å². The van der Waals surface area contributed by atoms with E-state index < -0.39 is 0 Å². The Balaban J connectivity index is 1.97. The van der Waals surface area contributed by atoms with E-state index in [2.05, 4.69) is 15.4 Å². The lowest BCUT2D eigenvalue weighted by molar-refractivity contribution is -0.116. The highest BCUT2D eigenvalue weighted by molar-refractivity contribution is 5.90. The number of hydrogen-bond acceptors (Lipinski definition) is 4. The second-order valence-electron chi connectivity index (χ2n) is 5.88. The number of nitrogens with one attached hydrogen (secondary N) is 1. The van der Waals surface area contributed by atoms with E-state index in [4.69, 9.17) is 0 Å². The van der Waals surface area contributed by atoms with Crippen LogP contribution in [-0.4, -0.2) is 25.2 Å². The van der Waals surface area contributed by atoms with Crippen LogP contribution in [0.4, 0.5) is 5.69 Å². The summed E-state index contributed by atoms with van der Waals surface area (Å²) in [6, 6.07) is 12.4. The molecule has 0 radical (unpaired) electrons. The molecule has 128 valence electrons. The van der Waals surface area contributed by atoms with E-state index in [1.807, 2.05) is 38.1 Å². The summed E-state index contributed by atoms with van der Waals surface area (Å²) in [7, 11) is 0. The Labute approximate surface area is 144 Å². The Kier molecular flexibility index (Phi) is 4.47. The van der Waals surface area contributed by atoms with Gasteiger partial charge in [0.25, 0.3) is 5.56 Å². The molecule has 3 aromatic rings. The van der Waals surface area contributed by atoms with Crippen LogP contribution in [0.3, 0.4) is 0 Å². The number of hydrogen-bond donors (Lipinski definition) is 1. The molecule has 1 aromatic carbocycles. The number of carbonyl (C=O) groups is 1. The molecule has 0 saturated heterocycles. The van der Waals surface area contributed by atoms with Crippen molar-refractivity contribution >= 4 is 11.6 Å². The molecule has 7 nitrogen and oxygen atoms in total. The van der Waals surface area contributed by atoms with Gasteiger partial charge in [-0.2, -0.15) is 5.10 Å². The summed E-state index contributed by atoms with van der Waals surface area (Å²) < 4.78 is 2.91. The Bertz CT molecular complexity index is 973. The molecule has 0 fully saturated rings. The standard InChI is InChI=1S/C18H19N5O2/c1-12-10-17(25)22(11-16(24)20-15-7-5-4-6-8-15)18(19-12)23-14(3)9-13(2)21-23/h4-10H,11H2,1-3H3,(H,20,24). The molecule has 0 saturated carbocycles. The first-order valence-electron chi connectivity index (χ1n) is 7.91. The first kappa shape index (κ1) is 16.6. The highest BCUT2D eigenvalue weighted by atomic mass is 16.2. The van der Waals surface area contributed by atoms with Crippen molar-refractivity contribution in [2.24, 2.45) is 0 Å². The molecule has 0 atom stereocenters. The maximum absolute atomic E-state index is 12.4. The quantitative estimate of drug-likeness (QED) is 0.789. The van der Waals surface area contributed by atoms with Crippen molar-refractivity contribution in [3.63, 3.8) is 0 Å². The van der Waals surface area contributed by atoms with Gasteiger partial charge >= 0.3 is 0 Å². The fourth-order valence-electron chi connectivity index (χ4n) is 2.61. The molecule has 2 aromatic heterocycles. The molecule has 25 heavy (non-hydrogen) atoms. The Hall–Kier alpha value is -3.22. The van der Waals surface area contributed by atoms with E-state index in [0.717, 1.165) is 11.4 Å². The molecule has 0 spiro atoms. The van der Waals surface area contributed by atoms with Crippen molar-refractivity contribution in [3.8, 4) is 5.95 Å². The van der Waals surface area contributed by atoms with Gasteiger partial charge in [-0.3, -0.25) is 14.2 Å². The van der Waals surface area contributed by atoms with Gasteiger partial charge in [-0.1, -0.05) is 18.2 Å². The minimum Gasteiger partial charge on any atom is -0.325 e. The number of benzene rings is 1. The van der Waals surface area contributed by atoms with Crippen LogP contribution in [0, 0.1) is 20.8 Å². The molecule has 0 aliphatic heterocycles. The highest BCUT2D eigenvalue weighted by Gasteiger charge is 2.15. The van der Waals surface area contributed by atoms with Crippen molar-refractivity contribution in [2.75, 3.05) is 5.32 Å². The number of nitrogens with zero attached hydrogens (tertiary/aromatic N) is 4. The monoisotopic (exact) mass is 337 g/mol. The fraction of sp³-hybridized carbons (Fsp3) is 0.222. The first-order chi connectivity index (χ1) is 11.9. The zero-order valence-electron chi connectivity index (χ0n) is 14.4. The molecule has 0 aliphatic rings. The lowest BCUT2D eigenvalue weighted by atomic mass is 10.3. The molecule has 2 heterocycles. The number of para-hydroxylation sites is 1. The van der Waals surface area contributed by atoms with Crippen LogP contribution in [0.15, 0.2) is 47.3 Å². The van der Waals surface area contributed by atoms with Crippen LogP contribution in [0.25, 0.3) is 5.95 Å². The van der Waals surface area contributed by atoms with E-state index in [-0.39, 0.29) is 18.0 Å². The van der Waals surface area contributed by atoms with Crippen molar-refractivity contribution in [3.05, 3.63) is 69.9 Å². The van der Waals surface area contributed by atoms with Gasteiger partial charge in [0.2, 0.25) is 11.9 Å². The van der Waals surface area contributed by atoms with E-state index in [1.165, 1.54) is 10.6 Å². The number of carbonyl (C=O) groups excluding carboxylic acids is 1. The Morgan fingerprint density at radius 2 is 1.80 bits per heavy atom. The summed E-state index contributed by atoms with van der Waals surface area (Å²) in [5.41, 5.74) is 2.61. The molecular formula is C18H19N5O2. The van der Waals surface area contributed by atoms with Crippen molar-refractivity contribution in [1.82, 2.24) is 19.3 Å². The van der Waals surface area contributed by atoms with E-state index >= 15 is 0 Å². The van der Waals surface area contributed by atoms with Gasteiger partial charge in [-0.15, -0.1) is 0 Å². The minimum atomic E-state index is -0.304. The zero-order chi connectivity index (χ0) is 18.0. The number of rotatable bonds is 4. The zero-order valence-corrected chi connectivity index (χ0v) is 14.4. The normalized spacial score (nSPS) is 10.7. The number of amides is 1. The van der Waals surface area contributed by atoms with Crippen LogP contribution >= 0.6 is 0 Å². The predicted octanol–water partition coefficient (Wildman–Crippen LogP) is 1.99. The van der Waals surface area contributed by atoms with Crippen LogP contribution in [0.5, 0.6) is 0 Å². The third-order valence-corrected chi connectivity index (χ3v) is 3.67. The molecule has 0 bridgehead atoms. The third-order valence-electron chi connectivity index (χ3n) is 3.67. The number of aromatic nitrogens is 4. The summed E-state index contributed by atoms with van der Waals surface area (Å²) in [4.78, 5) is 29.2. The molecule has 1 N–H and O–H groups in total. The third kappa shape index (κ3) is 3.65. The molecule has 3 rings (SSSR count). The summed E-state index contributed by atoms with van der Waals surface area (Å²) in [5.74, 6) is 0.0283. The van der Waals surface area contributed by atoms with Crippen LogP contribution in [0.2, 0.25) is 0 Å². The average Bonchev–Trinajstić information content (AvgIpc) is 2.89. The van der Waals surface area contributed by atoms with Crippen molar-refractivity contribution in [1.29, 1.82) is 0 Å². The SMILES string of the molecule is Cc1cc(=O)n(CC(=O)Nc2ccccc2)c(-n2nc(C)cc2C)n1. The molecule has 0 unspecified atom stereocenters. The van der Waals surface area contributed by atoms with Gasteiger partial charge in [0.05, 0.1) is 5.69 Å². The van der Waals surface area contributed by atoms with Crippen LogP contribution < -0.4 is 10.9 Å². The van der Waals surface area contributed by atoms with Gasteiger partial charge < -0.3 is 5.32 Å². The van der Waals surface area contributed by atoms with E-state index in [0.29, 0.717) is 17.3 Å². The van der Waals surface area contributed by atoms with Gasteiger partial charge in [0, 0.05) is 23.1 Å². The molecule has 7 heteroatoms. The van der Waals surface area contributed by atoms with E-state index in [9.17, 15) is 9.59 Å². The molecule has 1 amide bonds. The maximum atomic E-state index is 12.4. The van der Waals surface area contributed by atoms with Crippen LogP contribution in [0.1, 0.15) is 17.1 Å². The van der Waals surface area contributed by atoms with Gasteiger partial charge in [0.1, 0.15) is 6.54 Å². The van der Waals surface area contributed by atoms with Crippen molar-refractivity contribution in [2.45, 2.75) is 27.3 Å². The highest BCUT2D eigenvalue weighted by Crippen LogP contribution is 2.10. The second-order valence-corrected chi connectivity index (χ2v) is 5.88. The van der Waals surface area contributed by atoms with Gasteiger partial charge in [-0.05, 0) is 39.0 Å². The molecular weight excluding hydrogens is 318 g/mol. The van der Waals surface area contributed by atoms with Gasteiger partial charge in [-0.25, -0.2) is 9.67 Å². The Morgan fingerprint density at radius 1 is 1.08 bits per heavy atom. The Morgan fingerprint density at radius 3 is 2.44 bits per heavy atom. The largest absolute Gasteiger partial charge is 0.325 e. The first-order valence-corrected chi connectivity index (χ1v) is 7.91. The number of anilines is 1. The lowest BCUT2D eigenvalue weighted by Crippen LogP contribution is -2.31. The second kappa shape index (κ2) is 6.72. The summed E-state index contributed by atoms with van der Waals surface area (Å²) in [6.07, 6.45) is 0. The summed E-state index contributed by atoms with van der Waals surface area (Å²) in [5, 5.41) is 7.15. The topological polar surface area (TPSA) is 81.8 Å². The average molecular weight is 337 g/mol. The van der Waals surface area contributed by atoms with Crippen LogP contribution in [-0.2, 0) is 11.3 Å². The summed E-state index contributed by atoms with van der Waals surface area (Å²) >= 11 is 0. The maximum Gasteiger partial charge on any atom is 0.255 e. The lowest BCUT2D eigenvalue weighted by Gasteiger charge is -2.13.